The van der Waals surface area contributed by atoms with Crippen LogP contribution in [0.3, 0.4) is 0 Å². The first-order valence-electron chi connectivity index (χ1n) is 4.38. The Kier molecular flexibility index (Phi) is 6.90. The molecular weight excluding hydrogens is 256 g/mol. The summed E-state index contributed by atoms with van der Waals surface area (Å²) in [5, 5.41) is -0.807. The third-order valence-corrected chi connectivity index (χ3v) is 2.42. The van der Waals surface area contributed by atoms with Gasteiger partial charge in [-0.15, -0.1) is 0 Å². The molecule has 1 atom stereocenters. The third kappa shape index (κ3) is 5.36. The first-order chi connectivity index (χ1) is 6.90. The van der Waals surface area contributed by atoms with E-state index in [2.05, 4.69) is 11.6 Å². The van der Waals surface area contributed by atoms with E-state index in [1.165, 1.54) is 0 Å². The molecule has 0 spiro atoms. The predicted octanol–water partition coefficient (Wildman–Crippen LogP) is 4.07. The topological polar surface area (TPSA) is 29.4 Å². The summed E-state index contributed by atoms with van der Waals surface area (Å²) in [7, 11) is 0. The van der Waals surface area contributed by atoms with Crippen molar-refractivity contribution in [1.29, 1.82) is 0 Å². The SMILES string of the molecule is C=C(Cl)/C(C(=O)Cl)=C(/Cl)N=CC(C)CC. The molecule has 0 aliphatic heterocycles. The highest BCUT2D eigenvalue weighted by Crippen LogP contribution is 2.23. The molecule has 0 heterocycles. The second-order valence-electron chi connectivity index (χ2n) is 3.01. The van der Waals surface area contributed by atoms with E-state index in [4.69, 9.17) is 34.8 Å². The van der Waals surface area contributed by atoms with E-state index in [0.29, 0.717) is 0 Å². The maximum atomic E-state index is 10.9. The molecule has 84 valence electrons. The summed E-state index contributed by atoms with van der Waals surface area (Å²) in [6.45, 7) is 7.38. The van der Waals surface area contributed by atoms with Gasteiger partial charge in [-0.25, -0.2) is 4.99 Å². The molecular formula is C10H12Cl3NO. The minimum atomic E-state index is -0.763. The van der Waals surface area contributed by atoms with Gasteiger partial charge in [-0.05, 0) is 23.9 Å². The highest BCUT2D eigenvalue weighted by Gasteiger charge is 2.13. The predicted molar refractivity (Wildman–Crippen MR) is 66.7 cm³/mol. The Morgan fingerprint density at radius 2 is 2.00 bits per heavy atom. The van der Waals surface area contributed by atoms with Gasteiger partial charge in [0.15, 0.2) is 0 Å². The maximum absolute atomic E-state index is 10.9. The van der Waals surface area contributed by atoms with Gasteiger partial charge < -0.3 is 0 Å². The van der Waals surface area contributed by atoms with Crippen molar-refractivity contribution in [2.75, 3.05) is 0 Å². The first kappa shape index (κ1) is 14.7. The number of carbonyl (C=O) groups is 1. The fourth-order valence-corrected chi connectivity index (χ4v) is 1.44. The zero-order valence-corrected chi connectivity index (χ0v) is 10.8. The van der Waals surface area contributed by atoms with E-state index >= 15 is 0 Å². The zero-order valence-electron chi connectivity index (χ0n) is 8.56. The van der Waals surface area contributed by atoms with E-state index in [1.54, 1.807) is 6.21 Å². The lowest BCUT2D eigenvalue weighted by molar-refractivity contribution is -0.108. The summed E-state index contributed by atoms with van der Waals surface area (Å²) >= 11 is 16.6. The minimum Gasteiger partial charge on any atom is -0.275 e. The molecule has 0 saturated carbocycles. The number of halogens is 3. The fourth-order valence-electron chi connectivity index (χ4n) is 0.662. The van der Waals surface area contributed by atoms with Crippen LogP contribution in [0.4, 0.5) is 0 Å². The molecule has 0 amide bonds. The van der Waals surface area contributed by atoms with Crippen molar-refractivity contribution in [3.05, 3.63) is 22.3 Å². The highest BCUT2D eigenvalue weighted by atomic mass is 35.5. The molecule has 0 aromatic heterocycles. The van der Waals surface area contributed by atoms with Gasteiger partial charge in [0.05, 0.1) is 5.57 Å². The largest absolute Gasteiger partial charge is 0.275 e. The molecule has 0 aromatic rings. The average molecular weight is 269 g/mol. The van der Waals surface area contributed by atoms with Gasteiger partial charge in [-0.1, -0.05) is 43.6 Å². The van der Waals surface area contributed by atoms with Crippen LogP contribution in [-0.2, 0) is 4.79 Å². The molecule has 0 N–H and O–H groups in total. The Bertz CT molecular complexity index is 305. The van der Waals surface area contributed by atoms with Gasteiger partial charge in [-0.3, -0.25) is 4.79 Å². The van der Waals surface area contributed by atoms with Crippen LogP contribution in [0.5, 0.6) is 0 Å². The van der Waals surface area contributed by atoms with Crippen LogP contribution in [0, 0.1) is 5.92 Å². The smallest absolute Gasteiger partial charge is 0.256 e. The van der Waals surface area contributed by atoms with Crippen LogP contribution in [0.25, 0.3) is 0 Å². The lowest BCUT2D eigenvalue weighted by Gasteiger charge is -2.01. The molecule has 0 aliphatic rings. The summed E-state index contributed by atoms with van der Waals surface area (Å²) in [6, 6.07) is 0. The lowest BCUT2D eigenvalue weighted by atomic mass is 10.1. The summed E-state index contributed by atoms with van der Waals surface area (Å²) in [4.78, 5) is 14.9. The third-order valence-electron chi connectivity index (χ3n) is 1.76. The summed E-state index contributed by atoms with van der Waals surface area (Å²) in [5.41, 5.74) is -0.0560. The molecule has 0 radical (unpaired) electrons. The molecule has 0 aromatic carbocycles. The fraction of sp³-hybridized carbons (Fsp3) is 0.400. The maximum Gasteiger partial charge on any atom is 0.256 e. The Morgan fingerprint density at radius 3 is 2.33 bits per heavy atom. The van der Waals surface area contributed by atoms with Crippen LogP contribution in [0.1, 0.15) is 20.3 Å². The number of nitrogens with zero attached hydrogens (tertiary/aromatic N) is 1. The Morgan fingerprint density at radius 1 is 1.47 bits per heavy atom. The van der Waals surface area contributed by atoms with Crippen LogP contribution in [0.15, 0.2) is 27.3 Å². The number of hydrogen-bond donors (Lipinski definition) is 0. The monoisotopic (exact) mass is 267 g/mol. The second-order valence-corrected chi connectivity index (χ2v) is 4.17. The molecule has 0 fully saturated rings. The second kappa shape index (κ2) is 7.04. The van der Waals surface area contributed by atoms with Gasteiger partial charge in [0, 0.05) is 11.2 Å². The molecule has 1 unspecified atom stereocenters. The number of allylic oxidation sites excluding steroid dienone is 2. The normalized spacial score (nSPS) is 15.0. The average Bonchev–Trinajstić information content (AvgIpc) is 2.12. The Balaban J connectivity index is 4.96. The summed E-state index contributed by atoms with van der Waals surface area (Å²) < 4.78 is 0. The van der Waals surface area contributed by atoms with Crippen molar-refractivity contribution in [3.63, 3.8) is 0 Å². The van der Waals surface area contributed by atoms with E-state index in [0.717, 1.165) is 6.42 Å². The zero-order chi connectivity index (χ0) is 12.0. The number of hydrogen-bond acceptors (Lipinski definition) is 2. The molecule has 0 rings (SSSR count). The van der Waals surface area contributed by atoms with Crippen molar-refractivity contribution < 1.29 is 4.79 Å². The number of aliphatic imine (C=N–C) groups is 1. The molecule has 0 aliphatic carbocycles. The lowest BCUT2D eigenvalue weighted by Crippen LogP contribution is -1.97. The molecule has 0 saturated heterocycles. The van der Waals surface area contributed by atoms with Gasteiger partial charge in [0.2, 0.25) is 0 Å². The van der Waals surface area contributed by atoms with Crippen LogP contribution >= 0.6 is 34.8 Å². The van der Waals surface area contributed by atoms with Gasteiger partial charge in [0.1, 0.15) is 5.16 Å². The van der Waals surface area contributed by atoms with Gasteiger partial charge in [-0.2, -0.15) is 0 Å². The molecule has 0 bridgehead atoms. The number of rotatable bonds is 5. The van der Waals surface area contributed by atoms with Crippen molar-refractivity contribution >= 4 is 46.3 Å². The standard InChI is InChI=1S/C10H12Cl3NO/c1-4-6(2)5-14-9(12)8(7(3)11)10(13)15/h5-6H,3-4H2,1-2H3/b9-8+,14-5?. The molecule has 5 heteroatoms. The van der Waals surface area contributed by atoms with E-state index in [9.17, 15) is 4.79 Å². The van der Waals surface area contributed by atoms with E-state index in [-0.39, 0.29) is 21.7 Å². The van der Waals surface area contributed by atoms with Gasteiger partial charge >= 0.3 is 0 Å². The quantitative estimate of drug-likeness (QED) is 0.243. The van der Waals surface area contributed by atoms with E-state index < -0.39 is 5.24 Å². The van der Waals surface area contributed by atoms with Crippen LogP contribution in [0.2, 0.25) is 0 Å². The molecule has 2 nitrogen and oxygen atoms in total. The van der Waals surface area contributed by atoms with Crippen molar-refractivity contribution in [2.24, 2.45) is 10.9 Å². The Hall–Kier alpha value is -0.310. The first-order valence-corrected chi connectivity index (χ1v) is 5.52. The van der Waals surface area contributed by atoms with Crippen molar-refractivity contribution in [2.45, 2.75) is 20.3 Å². The summed E-state index contributed by atoms with van der Waals surface area (Å²) in [5.74, 6) is 0.272. The van der Waals surface area contributed by atoms with E-state index in [1.807, 2.05) is 13.8 Å². The molecule has 15 heavy (non-hydrogen) atoms. The summed E-state index contributed by atoms with van der Waals surface area (Å²) in [6.07, 6.45) is 2.57. The van der Waals surface area contributed by atoms with Crippen molar-refractivity contribution in [3.8, 4) is 0 Å². The van der Waals surface area contributed by atoms with Gasteiger partial charge in [0.25, 0.3) is 5.24 Å². The Labute approximate surface area is 105 Å². The van der Waals surface area contributed by atoms with Crippen molar-refractivity contribution in [1.82, 2.24) is 0 Å². The minimum absolute atomic E-state index is 0.0127. The number of carbonyl (C=O) groups excluding carboxylic acids is 1. The van der Waals surface area contributed by atoms with Crippen LogP contribution < -0.4 is 0 Å². The highest BCUT2D eigenvalue weighted by molar-refractivity contribution is 6.70. The van der Waals surface area contributed by atoms with Crippen LogP contribution in [-0.4, -0.2) is 11.5 Å².